The van der Waals surface area contributed by atoms with Crippen molar-refractivity contribution >= 4 is 22.9 Å². The monoisotopic (exact) mass is 444 g/mol. The highest BCUT2D eigenvalue weighted by Gasteiger charge is 2.15. The van der Waals surface area contributed by atoms with Crippen molar-refractivity contribution in [2.45, 2.75) is 13.0 Å². The first kappa shape index (κ1) is 21.9. The van der Waals surface area contributed by atoms with Gasteiger partial charge in [-0.1, -0.05) is 30.3 Å². The number of nitrogens with one attached hydrogen (secondary N) is 1. The van der Waals surface area contributed by atoms with Crippen LogP contribution in [0.25, 0.3) is 10.8 Å². The zero-order chi connectivity index (χ0) is 23.4. The summed E-state index contributed by atoms with van der Waals surface area (Å²) in [5.41, 5.74) is 4.19. The van der Waals surface area contributed by atoms with Gasteiger partial charge in [-0.3, -0.25) is 14.2 Å². The number of carbonyl (C=O) groups is 1. The number of benzene rings is 2. The Kier molecular flexibility index (Phi) is 6.26. The molecule has 2 heterocycles. The normalized spacial score (nSPS) is 11.2. The quantitative estimate of drug-likeness (QED) is 0.338. The molecule has 0 radical (unpaired) electrons. The van der Waals surface area contributed by atoms with Crippen LogP contribution in [0.15, 0.2) is 76.8 Å². The van der Waals surface area contributed by atoms with Crippen molar-refractivity contribution in [3.8, 4) is 11.6 Å². The van der Waals surface area contributed by atoms with E-state index in [1.165, 1.54) is 10.8 Å². The predicted octanol–water partition coefficient (Wildman–Crippen LogP) is 2.80. The number of ether oxygens (including phenoxy) is 1. The van der Waals surface area contributed by atoms with Crippen molar-refractivity contribution in [1.29, 1.82) is 0 Å². The van der Waals surface area contributed by atoms with Gasteiger partial charge in [-0.15, -0.1) is 0 Å². The maximum atomic E-state index is 13.1. The molecule has 4 aromatic rings. The van der Waals surface area contributed by atoms with Crippen molar-refractivity contribution in [3.05, 3.63) is 94.0 Å². The molecule has 0 unspecified atom stereocenters. The van der Waals surface area contributed by atoms with Gasteiger partial charge in [0.15, 0.2) is 0 Å². The van der Waals surface area contributed by atoms with Crippen LogP contribution in [0.1, 0.15) is 16.8 Å². The van der Waals surface area contributed by atoms with Crippen molar-refractivity contribution in [1.82, 2.24) is 14.6 Å². The van der Waals surface area contributed by atoms with Crippen molar-refractivity contribution < 1.29 is 14.6 Å². The van der Waals surface area contributed by atoms with Crippen LogP contribution in [0.2, 0.25) is 0 Å². The number of fused-ring (bicyclic) bond motifs is 1. The molecule has 0 saturated heterocycles. The summed E-state index contributed by atoms with van der Waals surface area (Å²) in [4.78, 5) is 25.3. The second-order valence-electron chi connectivity index (χ2n) is 7.60. The van der Waals surface area contributed by atoms with E-state index in [0.717, 1.165) is 11.3 Å². The lowest BCUT2D eigenvalue weighted by atomic mass is 10.1. The van der Waals surface area contributed by atoms with Gasteiger partial charge < -0.3 is 14.4 Å². The molecule has 33 heavy (non-hydrogen) atoms. The van der Waals surface area contributed by atoms with Crippen LogP contribution in [0, 0.1) is 0 Å². The van der Waals surface area contributed by atoms with Crippen LogP contribution in [0.5, 0.6) is 11.6 Å². The molecule has 0 saturated carbocycles. The molecule has 0 fully saturated rings. The van der Waals surface area contributed by atoms with E-state index >= 15 is 0 Å². The second kappa shape index (κ2) is 9.44. The molecular formula is C25H24N4O4. The molecule has 0 spiro atoms. The zero-order valence-corrected chi connectivity index (χ0v) is 18.4. The number of aryl methyl sites for hydroxylation is 1. The van der Waals surface area contributed by atoms with Gasteiger partial charge in [-0.2, -0.15) is 5.10 Å². The molecule has 2 N–H and O–H groups in total. The Hall–Kier alpha value is -4.33. The largest absolute Gasteiger partial charge is 0.497 e. The van der Waals surface area contributed by atoms with Crippen LogP contribution in [-0.2, 0) is 24.8 Å². The van der Waals surface area contributed by atoms with Crippen LogP contribution in [-0.4, -0.2) is 33.5 Å². The van der Waals surface area contributed by atoms with Crippen LogP contribution in [0.3, 0.4) is 0 Å². The number of hydrogen-bond donors (Lipinski definition) is 2. The molecule has 8 heteroatoms. The van der Waals surface area contributed by atoms with Gasteiger partial charge in [0.1, 0.15) is 5.75 Å². The first-order valence-corrected chi connectivity index (χ1v) is 10.4. The fraction of sp³-hybridized carbons (Fsp3) is 0.160. The van der Waals surface area contributed by atoms with E-state index < -0.39 is 0 Å². The fourth-order valence-corrected chi connectivity index (χ4v) is 3.65. The average molecular weight is 444 g/mol. The summed E-state index contributed by atoms with van der Waals surface area (Å²) in [5.74, 6) is 0.186. The molecule has 8 nitrogen and oxygen atoms in total. The van der Waals surface area contributed by atoms with E-state index in [2.05, 4.69) is 10.5 Å². The molecule has 1 amide bonds. The zero-order valence-electron chi connectivity index (χ0n) is 18.4. The van der Waals surface area contributed by atoms with Gasteiger partial charge >= 0.3 is 0 Å². The summed E-state index contributed by atoms with van der Waals surface area (Å²) in [5, 5.41) is 16.0. The third-order valence-corrected chi connectivity index (χ3v) is 5.47. The third kappa shape index (κ3) is 4.64. The minimum Gasteiger partial charge on any atom is -0.497 e. The molecule has 0 aliphatic carbocycles. The van der Waals surface area contributed by atoms with E-state index in [-0.39, 0.29) is 30.3 Å². The molecule has 0 bridgehead atoms. The Morgan fingerprint density at radius 1 is 1.09 bits per heavy atom. The summed E-state index contributed by atoms with van der Waals surface area (Å²) in [6.45, 7) is 0.167. The molecule has 4 rings (SSSR count). The Morgan fingerprint density at radius 3 is 2.48 bits per heavy atom. The third-order valence-electron chi connectivity index (χ3n) is 5.47. The van der Waals surface area contributed by atoms with Crippen LogP contribution < -0.4 is 15.7 Å². The molecule has 168 valence electrons. The van der Waals surface area contributed by atoms with E-state index in [9.17, 15) is 14.7 Å². The molecule has 0 aliphatic rings. The lowest BCUT2D eigenvalue weighted by Crippen LogP contribution is -2.23. The van der Waals surface area contributed by atoms with Crippen LogP contribution in [0.4, 0.5) is 0 Å². The number of carbonyl (C=O) groups excluding carboxylic acids is 1. The van der Waals surface area contributed by atoms with Crippen LogP contribution >= 0.6 is 0 Å². The minimum atomic E-state index is -0.316. The number of nitrogens with zero attached hydrogens (tertiary/aromatic N) is 3. The Morgan fingerprint density at radius 2 is 1.82 bits per heavy atom. The average Bonchev–Trinajstić information content (AvgIpc) is 3.23. The number of hydrazone groups is 1. The van der Waals surface area contributed by atoms with E-state index in [1.807, 2.05) is 42.1 Å². The summed E-state index contributed by atoms with van der Waals surface area (Å²) < 4.78 is 8.32. The Balaban J connectivity index is 1.65. The van der Waals surface area contributed by atoms with Crippen molar-refractivity contribution in [2.75, 3.05) is 7.11 Å². The molecule has 2 aromatic heterocycles. The number of aromatic nitrogens is 2. The first-order chi connectivity index (χ1) is 16.0. The first-order valence-electron chi connectivity index (χ1n) is 10.4. The smallest absolute Gasteiger partial charge is 0.261 e. The molecule has 0 aliphatic heterocycles. The van der Waals surface area contributed by atoms with Gasteiger partial charge in [0.2, 0.25) is 11.8 Å². The van der Waals surface area contributed by atoms with Crippen molar-refractivity contribution in [3.63, 3.8) is 0 Å². The number of rotatable bonds is 7. The highest BCUT2D eigenvalue weighted by molar-refractivity contribution is 6.01. The van der Waals surface area contributed by atoms with Gasteiger partial charge in [-0.25, -0.2) is 5.43 Å². The van der Waals surface area contributed by atoms with Gasteiger partial charge in [0.05, 0.1) is 31.9 Å². The lowest BCUT2D eigenvalue weighted by molar-refractivity contribution is -0.120. The van der Waals surface area contributed by atoms with Crippen molar-refractivity contribution in [2.24, 2.45) is 12.1 Å². The molecular weight excluding hydrogens is 420 g/mol. The second-order valence-corrected chi connectivity index (χ2v) is 7.60. The standard InChI is InChI=1S/C25H24N4O4/c1-28-13-5-6-18(28)14-23(30)27-26-15-22-20-7-3-4-8-21(20)24(31)29(25(22)32)16-17-9-11-19(33-2)12-10-17/h3-13,15,32H,14,16H2,1-2H3,(H,27,30). The summed E-state index contributed by atoms with van der Waals surface area (Å²) in [6, 6.07) is 18.0. The minimum absolute atomic E-state index is 0.167. The summed E-state index contributed by atoms with van der Waals surface area (Å²) in [6.07, 6.45) is 3.40. The summed E-state index contributed by atoms with van der Waals surface area (Å²) in [7, 11) is 3.45. The number of aromatic hydroxyl groups is 1. The Bertz CT molecular complexity index is 1380. The van der Waals surface area contributed by atoms with Gasteiger partial charge in [-0.05, 0) is 35.9 Å². The topological polar surface area (TPSA) is 97.8 Å². The fourth-order valence-electron chi connectivity index (χ4n) is 3.65. The molecule has 2 aromatic carbocycles. The van der Waals surface area contributed by atoms with Gasteiger partial charge in [0, 0.05) is 29.7 Å². The summed E-state index contributed by atoms with van der Waals surface area (Å²) >= 11 is 0. The number of methoxy groups -OCH3 is 1. The predicted molar refractivity (Wildman–Crippen MR) is 127 cm³/mol. The highest BCUT2D eigenvalue weighted by Crippen LogP contribution is 2.24. The SMILES string of the molecule is COc1ccc(Cn2c(O)c(C=NNC(=O)Cc3cccn3C)c3ccccc3c2=O)cc1. The van der Waals surface area contributed by atoms with E-state index in [1.54, 1.807) is 43.5 Å². The number of pyridine rings is 1. The number of hydrogen-bond acceptors (Lipinski definition) is 5. The lowest BCUT2D eigenvalue weighted by Gasteiger charge is -2.14. The highest BCUT2D eigenvalue weighted by atomic mass is 16.5. The van der Waals surface area contributed by atoms with E-state index in [0.29, 0.717) is 22.1 Å². The molecule has 0 atom stereocenters. The number of amides is 1. The maximum absolute atomic E-state index is 13.1. The van der Waals surface area contributed by atoms with E-state index in [4.69, 9.17) is 4.74 Å². The Labute approximate surface area is 190 Å². The van der Waals surface area contributed by atoms with Gasteiger partial charge in [0.25, 0.3) is 5.56 Å². The maximum Gasteiger partial charge on any atom is 0.261 e.